The van der Waals surface area contributed by atoms with Crippen LogP contribution in [-0.2, 0) is 6.54 Å². The van der Waals surface area contributed by atoms with Crippen molar-refractivity contribution in [1.82, 2.24) is 5.32 Å². The van der Waals surface area contributed by atoms with Gasteiger partial charge in [-0.15, -0.1) is 0 Å². The summed E-state index contributed by atoms with van der Waals surface area (Å²) in [6, 6.07) is 4.21. The van der Waals surface area contributed by atoms with Crippen molar-refractivity contribution in [2.45, 2.75) is 13.5 Å². The van der Waals surface area contributed by atoms with Crippen LogP contribution in [0.1, 0.15) is 12.5 Å². The maximum atomic E-state index is 10.7. The van der Waals surface area contributed by atoms with Crippen molar-refractivity contribution in [3.8, 4) is 0 Å². The molecule has 3 N–H and O–H groups in total. The molecule has 0 bridgehead atoms. The summed E-state index contributed by atoms with van der Waals surface area (Å²) in [7, 11) is 0. The third-order valence-corrected chi connectivity index (χ3v) is 2.60. The Morgan fingerprint density at radius 2 is 2.32 bits per heavy atom. The molecule has 0 saturated heterocycles. The summed E-state index contributed by atoms with van der Waals surface area (Å²) in [5, 5.41) is 13.9. The van der Waals surface area contributed by atoms with E-state index in [4.69, 9.17) is 17.3 Å². The summed E-state index contributed by atoms with van der Waals surface area (Å²) in [6.45, 7) is 6.28. The van der Waals surface area contributed by atoms with Crippen molar-refractivity contribution in [1.29, 1.82) is 0 Å². The zero-order valence-corrected chi connectivity index (χ0v) is 11.3. The molecule has 0 atom stereocenters. The number of guanidine groups is 1. The monoisotopic (exact) mass is 282 g/mol. The summed E-state index contributed by atoms with van der Waals surface area (Å²) in [4.78, 5) is 14.2. The van der Waals surface area contributed by atoms with Crippen LogP contribution in [0.3, 0.4) is 0 Å². The zero-order valence-electron chi connectivity index (χ0n) is 10.5. The Kier molecular flexibility index (Phi) is 5.32. The van der Waals surface area contributed by atoms with Crippen LogP contribution in [0.4, 0.5) is 5.69 Å². The Hall–Kier alpha value is -2.08. The molecule has 0 aliphatic rings. The number of rotatable bonds is 5. The highest BCUT2D eigenvalue weighted by atomic mass is 35.5. The van der Waals surface area contributed by atoms with Gasteiger partial charge in [0, 0.05) is 23.7 Å². The van der Waals surface area contributed by atoms with Gasteiger partial charge in [-0.1, -0.05) is 23.8 Å². The fraction of sp³-hybridized carbons (Fsp3) is 0.250. The van der Waals surface area contributed by atoms with E-state index in [9.17, 15) is 10.1 Å². The van der Waals surface area contributed by atoms with Gasteiger partial charge in [-0.2, -0.15) is 0 Å². The maximum Gasteiger partial charge on any atom is 0.269 e. The predicted octanol–water partition coefficient (Wildman–Crippen LogP) is 2.23. The summed E-state index contributed by atoms with van der Waals surface area (Å²) in [5.41, 5.74) is 7.09. The SMILES string of the molecule is C=C(C)CNC(N)=NCc1cc([N+](=O)[O-])ccc1Cl. The number of aliphatic imine (C=N–C) groups is 1. The fourth-order valence-electron chi connectivity index (χ4n) is 1.26. The molecule has 0 unspecified atom stereocenters. The summed E-state index contributed by atoms with van der Waals surface area (Å²) >= 11 is 5.94. The smallest absolute Gasteiger partial charge is 0.269 e. The first-order chi connectivity index (χ1) is 8.90. The van der Waals surface area contributed by atoms with E-state index >= 15 is 0 Å². The van der Waals surface area contributed by atoms with Gasteiger partial charge >= 0.3 is 0 Å². The number of nitro groups is 1. The van der Waals surface area contributed by atoms with E-state index in [0.29, 0.717) is 17.1 Å². The number of nitrogens with zero attached hydrogens (tertiary/aromatic N) is 2. The number of nitro benzene ring substituents is 1. The fourth-order valence-corrected chi connectivity index (χ4v) is 1.44. The Morgan fingerprint density at radius 1 is 1.63 bits per heavy atom. The molecular formula is C12H15ClN4O2. The first kappa shape index (κ1) is 15.0. The lowest BCUT2D eigenvalue weighted by atomic mass is 10.2. The highest BCUT2D eigenvalue weighted by Gasteiger charge is 2.09. The minimum atomic E-state index is -0.480. The molecule has 1 rings (SSSR count). The van der Waals surface area contributed by atoms with Crippen LogP contribution in [0, 0.1) is 10.1 Å². The van der Waals surface area contributed by atoms with Gasteiger partial charge in [-0.3, -0.25) is 10.1 Å². The Labute approximate surface area is 116 Å². The largest absolute Gasteiger partial charge is 0.370 e. The average Bonchev–Trinajstić information content (AvgIpc) is 2.35. The maximum absolute atomic E-state index is 10.7. The van der Waals surface area contributed by atoms with Crippen LogP contribution in [0.15, 0.2) is 35.3 Å². The van der Waals surface area contributed by atoms with E-state index in [1.54, 1.807) is 0 Å². The van der Waals surface area contributed by atoms with Crippen molar-refractivity contribution >= 4 is 23.2 Å². The van der Waals surface area contributed by atoms with Gasteiger partial charge < -0.3 is 11.1 Å². The molecule has 0 aliphatic carbocycles. The number of hydrogen-bond donors (Lipinski definition) is 2. The van der Waals surface area contributed by atoms with Crippen LogP contribution in [-0.4, -0.2) is 17.4 Å². The molecule has 0 heterocycles. The predicted molar refractivity (Wildman–Crippen MR) is 76.2 cm³/mol. The van der Waals surface area contributed by atoms with Gasteiger partial charge in [-0.05, 0) is 18.6 Å². The van der Waals surface area contributed by atoms with Gasteiger partial charge in [0.2, 0.25) is 0 Å². The van der Waals surface area contributed by atoms with Crippen molar-refractivity contribution in [2.75, 3.05) is 6.54 Å². The van der Waals surface area contributed by atoms with E-state index in [2.05, 4.69) is 16.9 Å². The molecule has 1 aromatic rings. The lowest BCUT2D eigenvalue weighted by molar-refractivity contribution is -0.384. The molecular weight excluding hydrogens is 268 g/mol. The molecule has 6 nitrogen and oxygen atoms in total. The number of halogens is 1. The molecule has 1 aromatic carbocycles. The number of benzene rings is 1. The highest BCUT2D eigenvalue weighted by molar-refractivity contribution is 6.31. The molecule has 0 radical (unpaired) electrons. The van der Waals surface area contributed by atoms with Gasteiger partial charge in [0.25, 0.3) is 5.69 Å². The van der Waals surface area contributed by atoms with Crippen LogP contribution in [0.2, 0.25) is 5.02 Å². The van der Waals surface area contributed by atoms with Crippen molar-refractivity contribution < 1.29 is 4.92 Å². The van der Waals surface area contributed by atoms with Gasteiger partial charge in [0.1, 0.15) is 0 Å². The topological polar surface area (TPSA) is 93.5 Å². The van der Waals surface area contributed by atoms with Gasteiger partial charge in [0.05, 0.1) is 11.5 Å². The molecule has 102 valence electrons. The lowest BCUT2D eigenvalue weighted by Gasteiger charge is -2.05. The second-order valence-electron chi connectivity index (χ2n) is 4.04. The van der Waals surface area contributed by atoms with E-state index in [0.717, 1.165) is 5.57 Å². The van der Waals surface area contributed by atoms with E-state index < -0.39 is 4.92 Å². The first-order valence-corrected chi connectivity index (χ1v) is 5.89. The summed E-state index contributed by atoms with van der Waals surface area (Å²) in [6.07, 6.45) is 0. The summed E-state index contributed by atoms with van der Waals surface area (Å²) < 4.78 is 0. The highest BCUT2D eigenvalue weighted by Crippen LogP contribution is 2.22. The molecule has 0 aromatic heterocycles. The van der Waals surface area contributed by atoms with Crippen LogP contribution >= 0.6 is 11.6 Å². The molecule has 0 aliphatic heterocycles. The molecule has 0 fully saturated rings. The third-order valence-electron chi connectivity index (χ3n) is 2.23. The molecule has 7 heteroatoms. The minimum absolute atomic E-state index is 0.0249. The first-order valence-electron chi connectivity index (χ1n) is 5.51. The van der Waals surface area contributed by atoms with E-state index in [1.165, 1.54) is 18.2 Å². The summed E-state index contributed by atoms with van der Waals surface area (Å²) in [5.74, 6) is 0.241. The number of non-ortho nitro benzene ring substituents is 1. The lowest BCUT2D eigenvalue weighted by Crippen LogP contribution is -2.32. The van der Waals surface area contributed by atoms with Crippen LogP contribution < -0.4 is 11.1 Å². The molecule has 0 amide bonds. The molecule has 0 spiro atoms. The van der Waals surface area contributed by atoms with Crippen molar-refractivity contribution in [2.24, 2.45) is 10.7 Å². The Bertz CT molecular complexity index is 528. The van der Waals surface area contributed by atoms with Gasteiger partial charge in [-0.25, -0.2) is 4.99 Å². The van der Waals surface area contributed by atoms with E-state index in [-0.39, 0.29) is 18.2 Å². The Balaban J connectivity index is 2.76. The molecule has 19 heavy (non-hydrogen) atoms. The minimum Gasteiger partial charge on any atom is -0.370 e. The van der Waals surface area contributed by atoms with Crippen LogP contribution in [0.5, 0.6) is 0 Å². The van der Waals surface area contributed by atoms with Crippen molar-refractivity contribution in [3.63, 3.8) is 0 Å². The Morgan fingerprint density at radius 3 is 2.89 bits per heavy atom. The van der Waals surface area contributed by atoms with Crippen LogP contribution in [0.25, 0.3) is 0 Å². The second-order valence-corrected chi connectivity index (χ2v) is 4.45. The number of nitrogens with one attached hydrogen (secondary N) is 1. The van der Waals surface area contributed by atoms with Gasteiger partial charge in [0.15, 0.2) is 5.96 Å². The normalized spacial score (nSPS) is 11.2. The standard InChI is InChI=1S/C12H15ClN4O2/c1-8(2)6-15-12(14)16-7-9-5-10(17(18)19)3-4-11(9)13/h3-5H,1,6-7H2,2H3,(H3,14,15,16). The van der Waals surface area contributed by atoms with Crippen molar-refractivity contribution in [3.05, 3.63) is 51.1 Å². The van der Waals surface area contributed by atoms with E-state index in [1.807, 2.05) is 6.92 Å². The average molecular weight is 283 g/mol. The second kappa shape index (κ2) is 6.75. The molecule has 0 saturated carbocycles. The zero-order chi connectivity index (χ0) is 14.4. The number of nitrogens with two attached hydrogens (primary N) is 1. The quantitative estimate of drug-likeness (QED) is 0.285. The third kappa shape index (κ3) is 4.97. The number of hydrogen-bond acceptors (Lipinski definition) is 3.